The molecule has 0 fully saturated rings. The average molecular weight is 352 g/mol. The van der Waals surface area contributed by atoms with Crippen molar-refractivity contribution in [1.82, 2.24) is 4.98 Å². The molecule has 3 rings (SSSR count). The maximum absolute atomic E-state index is 12.2. The molecule has 4 nitrogen and oxygen atoms in total. The number of hydrogen-bond acceptors (Lipinski definition) is 4. The lowest BCUT2D eigenvalue weighted by Crippen LogP contribution is -2.14. The van der Waals surface area contributed by atoms with Crippen molar-refractivity contribution in [2.45, 2.75) is 19.8 Å². The first kappa shape index (κ1) is 17.2. The first-order chi connectivity index (χ1) is 12.2. The van der Waals surface area contributed by atoms with Crippen LogP contribution in [0.1, 0.15) is 18.2 Å². The Labute approximate surface area is 151 Å². The SMILES string of the molecule is CCc1ccc(-c2nc(CC(=O)Nc3ccc(OC)cc3)cs2)cc1. The van der Waals surface area contributed by atoms with E-state index in [0.29, 0.717) is 0 Å². The second kappa shape index (κ2) is 7.94. The summed E-state index contributed by atoms with van der Waals surface area (Å²) in [7, 11) is 1.61. The normalized spacial score (nSPS) is 10.5. The molecule has 0 saturated heterocycles. The van der Waals surface area contributed by atoms with Gasteiger partial charge in [-0.05, 0) is 36.2 Å². The molecule has 1 amide bonds. The summed E-state index contributed by atoms with van der Waals surface area (Å²) in [5.74, 6) is 0.680. The summed E-state index contributed by atoms with van der Waals surface area (Å²) in [4.78, 5) is 16.8. The number of amides is 1. The van der Waals surface area contributed by atoms with Gasteiger partial charge in [0.1, 0.15) is 10.8 Å². The van der Waals surface area contributed by atoms with E-state index >= 15 is 0 Å². The monoisotopic (exact) mass is 352 g/mol. The molecule has 1 heterocycles. The molecule has 1 N–H and O–H groups in total. The Hall–Kier alpha value is -2.66. The van der Waals surface area contributed by atoms with Gasteiger partial charge < -0.3 is 10.1 Å². The molecule has 0 radical (unpaired) electrons. The van der Waals surface area contributed by atoms with E-state index in [1.807, 2.05) is 29.6 Å². The van der Waals surface area contributed by atoms with Crippen LogP contribution in [0.25, 0.3) is 10.6 Å². The molecule has 128 valence electrons. The predicted molar refractivity (Wildman–Crippen MR) is 102 cm³/mol. The Kier molecular flexibility index (Phi) is 5.46. The van der Waals surface area contributed by atoms with E-state index < -0.39 is 0 Å². The predicted octanol–water partition coefficient (Wildman–Crippen LogP) is 4.56. The quantitative estimate of drug-likeness (QED) is 0.707. The van der Waals surface area contributed by atoms with Crippen molar-refractivity contribution < 1.29 is 9.53 Å². The van der Waals surface area contributed by atoms with Crippen molar-refractivity contribution in [3.63, 3.8) is 0 Å². The Bertz CT molecular complexity index is 839. The van der Waals surface area contributed by atoms with E-state index in [2.05, 4.69) is 41.5 Å². The summed E-state index contributed by atoms with van der Waals surface area (Å²) >= 11 is 1.56. The number of carbonyl (C=O) groups excluding carboxylic acids is 1. The molecule has 25 heavy (non-hydrogen) atoms. The van der Waals surface area contributed by atoms with Crippen molar-refractivity contribution >= 4 is 22.9 Å². The highest BCUT2D eigenvalue weighted by molar-refractivity contribution is 7.13. The van der Waals surface area contributed by atoms with Crippen LogP contribution in [0.3, 0.4) is 0 Å². The summed E-state index contributed by atoms with van der Waals surface area (Å²) in [6.07, 6.45) is 1.28. The van der Waals surface area contributed by atoms with Crippen LogP contribution in [-0.2, 0) is 17.6 Å². The van der Waals surface area contributed by atoms with Crippen molar-refractivity contribution in [1.29, 1.82) is 0 Å². The number of nitrogens with one attached hydrogen (secondary N) is 1. The molecule has 3 aromatic rings. The lowest BCUT2D eigenvalue weighted by molar-refractivity contribution is -0.115. The second-order valence-electron chi connectivity index (χ2n) is 5.65. The Morgan fingerprint density at radius 2 is 1.84 bits per heavy atom. The molecule has 0 bridgehead atoms. The maximum atomic E-state index is 12.2. The molecule has 2 aromatic carbocycles. The highest BCUT2D eigenvalue weighted by atomic mass is 32.1. The molecule has 0 aliphatic rings. The number of anilines is 1. The summed E-state index contributed by atoms with van der Waals surface area (Å²) in [6.45, 7) is 2.14. The number of nitrogens with zero attached hydrogens (tertiary/aromatic N) is 1. The van der Waals surface area contributed by atoms with Crippen LogP contribution < -0.4 is 10.1 Å². The van der Waals surface area contributed by atoms with Crippen LogP contribution in [0.15, 0.2) is 53.9 Å². The average Bonchev–Trinajstić information content (AvgIpc) is 3.10. The van der Waals surface area contributed by atoms with Gasteiger partial charge in [-0.1, -0.05) is 31.2 Å². The van der Waals surface area contributed by atoms with E-state index in [1.165, 1.54) is 5.56 Å². The Morgan fingerprint density at radius 1 is 1.12 bits per heavy atom. The molecule has 0 spiro atoms. The zero-order chi connectivity index (χ0) is 17.6. The van der Waals surface area contributed by atoms with Gasteiger partial charge in [-0.15, -0.1) is 11.3 Å². The number of rotatable bonds is 6. The number of hydrogen-bond donors (Lipinski definition) is 1. The van der Waals surface area contributed by atoms with Gasteiger partial charge in [0.05, 0.1) is 19.2 Å². The molecule has 0 unspecified atom stereocenters. The number of thiazole rings is 1. The first-order valence-corrected chi connectivity index (χ1v) is 9.03. The van der Waals surface area contributed by atoms with E-state index in [1.54, 1.807) is 18.4 Å². The van der Waals surface area contributed by atoms with E-state index in [0.717, 1.165) is 34.1 Å². The molecule has 0 atom stereocenters. The lowest BCUT2D eigenvalue weighted by atomic mass is 10.1. The number of methoxy groups -OCH3 is 1. The molecule has 5 heteroatoms. The van der Waals surface area contributed by atoms with Gasteiger partial charge in [-0.2, -0.15) is 0 Å². The topological polar surface area (TPSA) is 51.2 Å². The Morgan fingerprint density at radius 3 is 2.48 bits per heavy atom. The lowest BCUT2D eigenvalue weighted by Gasteiger charge is -2.05. The van der Waals surface area contributed by atoms with Crippen LogP contribution in [0.4, 0.5) is 5.69 Å². The van der Waals surface area contributed by atoms with Gasteiger partial charge in [0.25, 0.3) is 0 Å². The van der Waals surface area contributed by atoms with Gasteiger partial charge in [0.15, 0.2) is 0 Å². The molecule has 0 aliphatic heterocycles. The van der Waals surface area contributed by atoms with Crippen molar-refractivity contribution in [3.05, 3.63) is 65.2 Å². The third-order valence-electron chi connectivity index (χ3n) is 3.88. The molecular formula is C20H20N2O2S. The fourth-order valence-electron chi connectivity index (χ4n) is 2.45. The number of aryl methyl sites for hydroxylation is 1. The first-order valence-electron chi connectivity index (χ1n) is 8.15. The van der Waals surface area contributed by atoms with Gasteiger partial charge in [-0.25, -0.2) is 4.98 Å². The van der Waals surface area contributed by atoms with E-state index in [4.69, 9.17) is 4.74 Å². The fraction of sp³-hybridized carbons (Fsp3) is 0.200. The highest BCUT2D eigenvalue weighted by Gasteiger charge is 2.09. The number of carbonyl (C=O) groups is 1. The smallest absolute Gasteiger partial charge is 0.230 e. The minimum absolute atomic E-state index is 0.0802. The summed E-state index contributed by atoms with van der Waals surface area (Å²) in [5.41, 5.74) is 3.92. The van der Waals surface area contributed by atoms with Crippen molar-refractivity contribution in [2.24, 2.45) is 0 Å². The fourth-order valence-corrected chi connectivity index (χ4v) is 3.27. The van der Waals surface area contributed by atoms with Crippen LogP contribution in [0.5, 0.6) is 5.75 Å². The Balaban J connectivity index is 1.62. The zero-order valence-corrected chi connectivity index (χ0v) is 15.1. The zero-order valence-electron chi connectivity index (χ0n) is 14.3. The van der Waals surface area contributed by atoms with Crippen LogP contribution in [0.2, 0.25) is 0 Å². The van der Waals surface area contributed by atoms with Crippen LogP contribution >= 0.6 is 11.3 Å². The minimum atomic E-state index is -0.0802. The third kappa shape index (κ3) is 4.45. The number of benzene rings is 2. The van der Waals surface area contributed by atoms with Crippen molar-refractivity contribution in [3.8, 4) is 16.3 Å². The van der Waals surface area contributed by atoms with Gasteiger partial charge >= 0.3 is 0 Å². The second-order valence-corrected chi connectivity index (χ2v) is 6.51. The minimum Gasteiger partial charge on any atom is -0.497 e. The van der Waals surface area contributed by atoms with E-state index in [9.17, 15) is 4.79 Å². The maximum Gasteiger partial charge on any atom is 0.230 e. The van der Waals surface area contributed by atoms with Gasteiger partial charge in [-0.3, -0.25) is 4.79 Å². The van der Waals surface area contributed by atoms with Gasteiger partial charge in [0.2, 0.25) is 5.91 Å². The van der Waals surface area contributed by atoms with E-state index in [-0.39, 0.29) is 12.3 Å². The molecule has 1 aromatic heterocycles. The van der Waals surface area contributed by atoms with Crippen LogP contribution in [0, 0.1) is 0 Å². The summed E-state index contributed by atoms with van der Waals surface area (Å²) in [5, 5.41) is 5.76. The molecule has 0 aliphatic carbocycles. The number of ether oxygens (including phenoxy) is 1. The van der Waals surface area contributed by atoms with Crippen molar-refractivity contribution in [2.75, 3.05) is 12.4 Å². The third-order valence-corrected chi connectivity index (χ3v) is 4.82. The van der Waals surface area contributed by atoms with Crippen LogP contribution in [-0.4, -0.2) is 18.0 Å². The largest absolute Gasteiger partial charge is 0.497 e. The van der Waals surface area contributed by atoms with Gasteiger partial charge in [0, 0.05) is 16.6 Å². The molecule has 0 saturated carbocycles. The summed E-state index contributed by atoms with van der Waals surface area (Å²) < 4.78 is 5.11. The standard InChI is InChI=1S/C20H20N2O2S/c1-3-14-4-6-15(7-5-14)20-22-17(13-25-20)12-19(23)21-16-8-10-18(24-2)11-9-16/h4-11,13H,3,12H2,1-2H3,(H,21,23). The summed E-state index contributed by atoms with van der Waals surface area (Å²) in [6, 6.07) is 15.7. The number of aromatic nitrogens is 1. The highest BCUT2D eigenvalue weighted by Crippen LogP contribution is 2.24. The molecular weight excluding hydrogens is 332 g/mol.